The maximum atomic E-state index is 13.5. The highest BCUT2D eigenvalue weighted by atomic mass is 16.5. The summed E-state index contributed by atoms with van der Waals surface area (Å²) in [6.07, 6.45) is 0. The molecule has 0 heterocycles. The molecule has 3 aromatic carbocycles. The van der Waals surface area contributed by atoms with E-state index in [0.29, 0.717) is 16.9 Å². The van der Waals surface area contributed by atoms with Gasteiger partial charge in [0.05, 0.1) is 13.2 Å². The van der Waals surface area contributed by atoms with Gasteiger partial charge in [0.25, 0.3) is 5.91 Å². The molecular weight excluding hydrogens is 366 g/mol. The third kappa shape index (κ3) is 4.46. The molecule has 0 spiro atoms. The summed E-state index contributed by atoms with van der Waals surface area (Å²) in [6.45, 7) is 1.84. The summed E-state index contributed by atoms with van der Waals surface area (Å²) in [5, 5.41) is 10.1. The molecule has 2 atom stereocenters. The lowest BCUT2D eigenvalue weighted by Crippen LogP contribution is -2.40. The van der Waals surface area contributed by atoms with Crippen molar-refractivity contribution >= 4 is 11.9 Å². The third-order valence-corrected chi connectivity index (χ3v) is 4.90. The van der Waals surface area contributed by atoms with Crippen LogP contribution in [0.25, 0.3) is 0 Å². The van der Waals surface area contributed by atoms with Crippen molar-refractivity contribution in [1.82, 2.24) is 4.90 Å². The fourth-order valence-corrected chi connectivity index (χ4v) is 3.35. The van der Waals surface area contributed by atoms with Gasteiger partial charge in [0, 0.05) is 5.56 Å². The van der Waals surface area contributed by atoms with Gasteiger partial charge < -0.3 is 14.7 Å². The number of nitrogens with zero attached hydrogens (tertiary/aromatic N) is 1. The summed E-state index contributed by atoms with van der Waals surface area (Å²) in [4.78, 5) is 27.2. The lowest BCUT2D eigenvalue weighted by molar-refractivity contribution is -0.143. The zero-order valence-corrected chi connectivity index (χ0v) is 16.4. The first-order valence-corrected chi connectivity index (χ1v) is 9.32. The van der Waals surface area contributed by atoms with Crippen LogP contribution in [0.4, 0.5) is 0 Å². The number of hydrogen-bond acceptors (Lipinski definition) is 3. The molecular formula is C24H23NO4. The minimum Gasteiger partial charge on any atom is -0.497 e. The lowest BCUT2D eigenvalue weighted by atomic mass is 9.98. The van der Waals surface area contributed by atoms with Crippen LogP contribution in [0.3, 0.4) is 0 Å². The molecule has 148 valence electrons. The molecule has 1 amide bonds. The van der Waals surface area contributed by atoms with Crippen LogP contribution in [0.2, 0.25) is 0 Å². The Balaban J connectivity index is 2.09. The summed E-state index contributed by atoms with van der Waals surface area (Å²) in [5.74, 6) is -0.817. The van der Waals surface area contributed by atoms with Crippen molar-refractivity contribution < 1.29 is 19.4 Å². The number of carboxylic acids is 1. The van der Waals surface area contributed by atoms with Gasteiger partial charge in [0.2, 0.25) is 0 Å². The van der Waals surface area contributed by atoms with E-state index >= 15 is 0 Å². The average molecular weight is 389 g/mol. The minimum absolute atomic E-state index is 0.361. The predicted octanol–water partition coefficient (Wildman–Crippen LogP) is 4.72. The van der Waals surface area contributed by atoms with E-state index in [2.05, 4.69) is 0 Å². The summed E-state index contributed by atoms with van der Waals surface area (Å²) in [7, 11) is 1.55. The van der Waals surface area contributed by atoms with Crippen LogP contribution >= 0.6 is 0 Å². The van der Waals surface area contributed by atoms with Crippen LogP contribution in [0.15, 0.2) is 84.9 Å². The van der Waals surface area contributed by atoms with Crippen molar-refractivity contribution in [1.29, 1.82) is 0 Å². The molecule has 0 bridgehead atoms. The highest BCUT2D eigenvalue weighted by Crippen LogP contribution is 2.33. The number of ether oxygens (including phenoxy) is 1. The zero-order valence-electron chi connectivity index (χ0n) is 16.4. The molecule has 1 N–H and O–H groups in total. The third-order valence-electron chi connectivity index (χ3n) is 4.90. The number of aliphatic carboxylic acids is 1. The van der Waals surface area contributed by atoms with E-state index < -0.39 is 18.1 Å². The van der Waals surface area contributed by atoms with E-state index in [1.165, 1.54) is 4.90 Å². The van der Waals surface area contributed by atoms with Crippen molar-refractivity contribution in [3.05, 3.63) is 102 Å². The van der Waals surface area contributed by atoms with Gasteiger partial charge >= 0.3 is 5.97 Å². The Labute approximate surface area is 170 Å². The maximum Gasteiger partial charge on any atom is 0.331 e. The molecule has 0 unspecified atom stereocenters. The number of carbonyl (C=O) groups is 2. The molecule has 0 saturated carbocycles. The Bertz CT molecular complexity index is 955. The van der Waals surface area contributed by atoms with Crippen molar-refractivity contribution in [2.45, 2.75) is 19.0 Å². The smallest absolute Gasteiger partial charge is 0.331 e. The van der Waals surface area contributed by atoms with Gasteiger partial charge in [0.1, 0.15) is 5.75 Å². The molecule has 3 aromatic rings. The van der Waals surface area contributed by atoms with E-state index in [0.717, 1.165) is 5.56 Å². The van der Waals surface area contributed by atoms with E-state index in [9.17, 15) is 14.7 Å². The van der Waals surface area contributed by atoms with Crippen LogP contribution in [0.1, 0.15) is 40.5 Å². The van der Waals surface area contributed by atoms with E-state index in [1.807, 2.05) is 43.3 Å². The highest BCUT2D eigenvalue weighted by molar-refractivity contribution is 5.97. The molecule has 29 heavy (non-hydrogen) atoms. The van der Waals surface area contributed by atoms with E-state index in [-0.39, 0.29) is 5.91 Å². The van der Waals surface area contributed by atoms with E-state index in [1.54, 1.807) is 55.6 Å². The summed E-state index contributed by atoms with van der Waals surface area (Å²) >= 11 is 0. The summed E-state index contributed by atoms with van der Waals surface area (Å²) in [6, 6.07) is 23.3. The molecule has 3 rings (SSSR count). The van der Waals surface area contributed by atoms with Gasteiger partial charge in [-0.05, 0) is 42.3 Å². The summed E-state index contributed by atoms with van der Waals surface area (Å²) < 4.78 is 5.16. The topological polar surface area (TPSA) is 66.8 Å². The molecule has 0 aliphatic heterocycles. The second-order valence-corrected chi connectivity index (χ2v) is 6.68. The number of carbonyl (C=O) groups excluding carboxylic acids is 1. The van der Waals surface area contributed by atoms with Gasteiger partial charge in [0.15, 0.2) is 6.04 Å². The number of amides is 1. The molecule has 0 radical (unpaired) electrons. The number of carboxylic acid groups (broad SMARTS) is 1. The van der Waals surface area contributed by atoms with Crippen molar-refractivity contribution in [3.8, 4) is 5.75 Å². The number of methoxy groups -OCH3 is 1. The van der Waals surface area contributed by atoms with Gasteiger partial charge in [-0.15, -0.1) is 0 Å². The van der Waals surface area contributed by atoms with Crippen LogP contribution in [-0.2, 0) is 4.79 Å². The quantitative estimate of drug-likeness (QED) is 0.635. The van der Waals surface area contributed by atoms with Crippen molar-refractivity contribution in [2.75, 3.05) is 7.11 Å². The molecule has 0 aromatic heterocycles. The molecule has 0 fully saturated rings. The first-order chi connectivity index (χ1) is 14.0. The zero-order chi connectivity index (χ0) is 20.8. The Kier molecular flexibility index (Phi) is 6.29. The van der Waals surface area contributed by atoms with Crippen LogP contribution in [-0.4, -0.2) is 29.0 Å². The van der Waals surface area contributed by atoms with Gasteiger partial charge in [-0.3, -0.25) is 4.79 Å². The Morgan fingerprint density at radius 3 is 1.83 bits per heavy atom. The van der Waals surface area contributed by atoms with Crippen molar-refractivity contribution in [2.24, 2.45) is 0 Å². The number of benzene rings is 3. The fourth-order valence-electron chi connectivity index (χ4n) is 3.35. The average Bonchev–Trinajstić information content (AvgIpc) is 2.77. The minimum atomic E-state index is -1.12. The number of hydrogen-bond donors (Lipinski definition) is 1. The standard InChI is InChI=1S/C24H23NO4/c1-17(18-9-5-3-6-10-18)25(22(24(27)28)19-11-7-4-8-12-19)23(26)20-13-15-21(29-2)16-14-20/h3-17,22H,1-2H3,(H,27,28)/t17-,22-/m0/s1. The van der Waals surface area contributed by atoms with Gasteiger partial charge in [-0.2, -0.15) is 0 Å². The van der Waals surface area contributed by atoms with Crippen LogP contribution < -0.4 is 4.74 Å². The number of rotatable bonds is 7. The second-order valence-electron chi connectivity index (χ2n) is 6.68. The van der Waals surface area contributed by atoms with Crippen LogP contribution in [0, 0.1) is 0 Å². The highest BCUT2D eigenvalue weighted by Gasteiger charge is 2.35. The molecule has 0 aliphatic carbocycles. The molecule has 0 saturated heterocycles. The molecule has 0 aliphatic rings. The second kappa shape index (κ2) is 9.06. The van der Waals surface area contributed by atoms with Gasteiger partial charge in [-0.25, -0.2) is 4.79 Å². The van der Waals surface area contributed by atoms with E-state index in [4.69, 9.17) is 4.74 Å². The van der Waals surface area contributed by atoms with Gasteiger partial charge in [-0.1, -0.05) is 60.7 Å². The largest absolute Gasteiger partial charge is 0.497 e. The SMILES string of the molecule is COc1ccc(C(=O)N([C@H](C(=O)O)c2ccccc2)[C@@H](C)c2ccccc2)cc1. The molecule has 5 heteroatoms. The normalized spacial score (nSPS) is 12.6. The predicted molar refractivity (Wildman–Crippen MR) is 111 cm³/mol. The Morgan fingerprint density at radius 2 is 1.34 bits per heavy atom. The Morgan fingerprint density at radius 1 is 0.828 bits per heavy atom. The van der Waals surface area contributed by atoms with Crippen molar-refractivity contribution in [3.63, 3.8) is 0 Å². The lowest BCUT2D eigenvalue weighted by Gasteiger charge is -2.35. The fraction of sp³-hybridized carbons (Fsp3) is 0.167. The Hall–Kier alpha value is -3.60. The first kappa shape index (κ1) is 20.1. The summed E-state index contributed by atoms with van der Waals surface area (Å²) in [5.41, 5.74) is 1.80. The monoisotopic (exact) mass is 389 g/mol. The molecule has 5 nitrogen and oxygen atoms in total. The van der Waals surface area contributed by atoms with Crippen LogP contribution in [0.5, 0.6) is 5.75 Å². The first-order valence-electron chi connectivity index (χ1n) is 9.32. The maximum absolute atomic E-state index is 13.5.